The van der Waals surface area contributed by atoms with Gasteiger partial charge in [-0.2, -0.15) is 5.43 Å². The maximum Gasteiger partial charge on any atom is 0.174 e. The van der Waals surface area contributed by atoms with Gasteiger partial charge in [-0.15, -0.1) is 0 Å². The first-order chi connectivity index (χ1) is 7.30. The van der Waals surface area contributed by atoms with Crippen molar-refractivity contribution in [1.82, 2.24) is 15.0 Å². The Morgan fingerprint density at radius 2 is 2.07 bits per heavy atom. The lowest BCUT2D eigenvalue weighted by atomic mass is 10.3. The lowest BCUT2D eigenvalue weighted by Gasteiger charge is -2.31. The molecule has 2 heterocycles. The highest BCUT2D eigenvalue weighted by Crippen LogP contribution is 2.28. The molecule has 0 amide bonds. The van der Waals surface area contributed by atoms with Gasteiger partial charge in [-0.3, -0.25) is 4.98 Å². The molecule has 4 nitrogen and oxygen atoms in total. The van der Waals surface area contributed by atoms with Gasteiger partial charge in [0.05, 0.1) is 19.5 Å². The summed E-state index contributed by atoms with van der Waals surface area (Å²) in [4.78, 5) is 4.21. The molecule has 0 spiro atoms. The van der Waals surface area contributed by atoms with Crippen LogP contribution in [0.4, 0.5) is 5.69 Å². The Kier molecular flexibility index (Phi) is 2.88. The summed E-state index contributed by atoms with van der Waals surface area (Å²) >= 11 is 0. The molecule has 1 aliphatic heterocycles. The van der Waals surface area contributed by atoms with Gasteiger partial charge in [0.25, 0.3) is 0 Å². The van der Waals surface area contributed by atoms with Gasteiger partial charge < -0.3 is 4.74 Å². The summed E-state index contributed by atoms with van der Waals surface area (Å²) in [5, 5.41) is 0. The predicted octanol–water partition coefficient (Wildman–Crippen LogP) is 1.33. The van der Waals surface area contributed by atoms with Gasteiger partial charge in [0.15, 0.2) is 5.69 Å². The van der Waals surface area contributed by atoms with Crippen molar-refractivity contribution in [1.29, 1.82) is 0 Å². The molecule has 1 saturated heterocycles. The van der Waals surface area contributed by atoms with Gasteiger partial charge in [-0.05, 0) is 0 Å². The third-order valence-electron chi connectivity index (χ3n) is 3.19. The van der Waals surface area contributed by atoms with Crippen LogP contribution in [0.2, 0.25) is 0 Å². The predicted molar refractivity (Wildman–Crippen MR) is 60.6 cm³/mol. The molecule has 4 heteroatoms. The minimum Gasteiger partial charge on any atom is -0.495 e. The number of hydrogen-bond acceptors (Lipinski definition) is 3. The molecule has 1 aromatic rings. The van der Waals surface area contributed by atoms with Gasteiger partial charge in [0.1, 0.15) is 18.8 Å². The van der Waals surface area contributed by atoms with Crippen molar-refractivity contribution < 1.29 is 4.74 Å². The van der Waals surface area contributed by atoms with Crippen molar-refractivity contribution in [2.45, 2.75) is 12.8 Å². The summed E-state index contributed by atoms with van der Waals surface area (Å²) in [5.41, 5.74) is 4.58. The van der Waals surface area contributed by atoms with Gasteiger partial charge in [-0.25, -0.2) is 4.59 Å². The van der Waals surface area contributed by atoms with Crippen LogP contribution in [0.1, 0.15) is 12.8 Å². The van der Waals surface area contributed by atoms with Crippen molar-refractivity contribution in [3.63, 3.8) is 0 Å². The van der Waals surface area contributed by atoms with Gasteiger partial charge in [0.2, 0.25) is 0 Å². The normalized spacial score (nSPS) is 19.1. The van der Waals surface area contributed by atoms with Crippen LogP contribution >= 0.6 is 0 Å². The Bertz CT molecular complexity index is 334. The van der Waals surface area contributed by atoms with Crippen LogP contribution in [0.3, 0.4) is 0 Å². The number of rotatable bonds is 3. The van der Waals surface area contributed by atoms with Crippen molar-refractivity contribution in [3.8, 4) is 5.75 Å². The van der Waals surface area contributed by atoms with Crippen molar-refractivity contribution >= 4 is 5.69 Å². The molecular formula is C11H18N3O+. The van der Waals surface area contributed by atoms with Crippen LogP contribution in [0.25, 0.3) is 0 Å². The Hall–Kier alpha value is -1.13. The van der Waals surface area contributed by atoms with Crippen molar-refractivity contribution in [2.75, 3.05) is 27.2 Å². The monoisotopic (exact) mass is 208 g/mol. The van der Waals surface area contributed by atoms with E-state index in [9.17, 15) is 0 Å². The van der Waals surface area contributed by atoms with Crippen LogP contribution < -0.4 is 14.8 Å². The zero-order valence-corrected chi connectivity index (χ0v) is 9.36. The number of pyridine rings is 1. The first-order valence-electron chi connectivity index (χ1n) is 5.36. The Labute approximate surface area is 90.4 Å². The number of aromatic nitrogens is 1. The Morgan fingerprint density at radius 3 is 2.67 bits per heavy atom. The van der Waals surface area contributed by atoms with Gasteiger partial charge >= 0.3 is 0 Å². The molecule has 1 N–H and O–H groups in total. The van der Waals surface area contributed by atoms with Crippen LogP contribution in [-0.4, -0.2) is 32.2 Å². The fourth-order valence-electron chi connectivity index (χ4n) is 2.24. The zero-order chi connectivity index (χ0) is 10.7. The third-order valence-corrected chi connectivity index (χ3v) is 3.19. The molecule has 2 rings (SSSR count). The molecule has 1 aromatic heterocycles. The standard InChI is InChI=1S/C11H18N3O/c1-12-14(5-3-4-6-14)10-7-11(15-2)9-13-8-10/h7-9,12H,3-6H2,1-2H3/q+1. The molecule has 0 unspecified atom stereocenters. The fourth-order valence-corrected chi connectivity index (χ4v) is 2.24. The van der Waals surface area contributed by atoms with E-state index in [1.807, 2.05) is 13.2 Å². The van der Waals surface area contributed by atoms with Crippen molar-refractivity contribution in [3.05, 3.63) is 18.5 Å². The molecular weight excluding hydrogens is 190 g/mol. The number of methoxy groups -OCH3 is 1. The van der Waals surface area contributed by atoms with E-state index < -0.39 is 0 Å². The summed E-state index contributed by atoms with van der Waals surface area (Å²) in [5.74, 6) is 0.826. The number of nitrogens with one attached hydrogen (secondary N) is 1. The lowest BCUT2D eigenvalue weighted by Crippen LogP contribution is -2.55. The number of nitrogens with zero attached hydrogens (tertiary/aromatic N) is 2. The molecule has 0 atom stereocenters. The first kappa shape index (κ1) is 10.4. The second-order valence-corrected chi connectivity index (χ2v) is 3.93. The second-order valence-electron chi connectivity index (χ2n) is 3.93. The van der Waals surface area contributed by atoms with E-state index in [0.717, 1.165) is 23.4 Å². The molecule has 0 saturated carbocycles. The van der Waals surface area contributed by atoms with E-state index in [2.05, 4.69) is 16.5 Å². The molecule has 0 radical (unpaired) electrons. The van der Waals surface area contributed by atoms with E-state index >= 15 is 0 Å². The SMILES string of the molecule is CN[N+]1(c2cncc(OC)c2)CCCC1. The number of quaternary nitrogens is 1. The average molecular weight is 208 g/mol. The van der Waals surface area contributed by atoms with E-state index in [4.69, 9.17) is 4.74 Å². The largest absolute Gasteiger partial charge is 0.495 e. The minimum absolute atomic E-state index is 0.824. The summed E-state index contributed by atoms with van der Waals surface area (Å²) in [6, 6.07) is 2.06. The second kappa shape index (κ2) is 4.16. The van der Waals surface area contributed by atoms with Crippen LogP contribution in [0.5, 0.6) is 5.75 Å². The summed E-state index contributed by atoms with van der Waals surface area (Å²) in [6.07, 6.45) is 6.19. The molecule has 1 fully saturated rings. The molecule has 82 valence electrons. The van der Waals surface area contributed by atoms with Crippen LogP contribution in [-0.2, 0) is 0 Å². The molecule has 0 bridgehead atoms. The zero-order valence-electron chi connectivity index (χ0n) is 9.36. The van der Waals surface area contributed by atoms with E-state index in [1.165, 1.54) is 18.5 Å². The number of ether oxygens (including phenoxy) is 1. The average Bonchev–Trinajstić information content (AvgIpc) is 2.79. The lowest BCUT2D eigenvalue weighted by molar-refractivity contribution is 0.258. The van der Waals surface area contributed by atoms with Gasteiger partial charge in [-0.1, -0.05) is 0 Å². The smallest absolute Gasteiger partial charge is 0.174 e. The van der Waals surface area contributed by atoms with Crippen LogP contribution in [0.15, 0.2) is 18.5 Å². The minimum atomic E-state index is 0.824. The van der Waals surface area contributed by atoms with Crippen molar-refractivity contribution in [2.24, 2.45) is 0 Å². The highest BCUT2D eigenvalue weighted by Gasteiger charge is 2.34. The molecule has 15 heavy (non-hydrogen) atoms. The highest BCUT2D eigenvalue weighted by molar-refractivity contribution is 5.44. The first-order valence-corrected chi connectivity index (χ1v) is 5.36. The topological polar surface area (TPSA) is 34.2 Å². The quantitative estimate of drug-likeness (QED) is 0.761. The third kappa shape index (κ3) is 1.82. The van der Waals surface area contributed by atoms with Crippen LogP contribution in [0, 0.1) is 0 Å². The summed E-state index contributed by atoms with van der Waals surface area (Å²) in [7, 11) is 3.68. The Morgan fingerprint density at radius 1 is 1.33 bits per heavy atom. The molecule has 0 aromatic carbocycles. The molecule has 1 aliphatic rings. The summed E-state index contributed by atoms with van der Waals surface area (Å²) in [6.45, 7) is 2.26. The van der Waals surface area contributed by atoms with Gasteiger partial charge in [0, 0.05) is 26.0 Å². The highest BCUT2D eigenvalue weighted by atomic mass is 16.5. The summed E-state index contributed by atoms with van der Waals surface area (Å²) < 4.78 is 6.03. The fraction of sp³-hybridized carbons (Fsp3) is 0.545. The Balaban J connectivity index is 2.33. The maximum absolute atomic E-state index is 5.20. The maximum atomic E-state index is 5.20. The van der Waals surface area contributed by atoms with E-state index in [-0.39, 0.29) is 0 Å². The molecule has 0 aliphatic carbocycles. The van der Waals surface area contributed by atoms with E-state index in [1.54, 1.807) is 13.3 Å². The number of hydrogen-bond donors (Lipinski definition) is 1. The van der Waals surface area contributed by atoms with E-state index in [0.29, 0.717) is 0 Å².